The lowest BCUT2D eigenvalue weighted by Crippen LogP contribution is -2.48. The zero-order valence-corrected chi connectivity index (χ0v) is 11.1. The fraction of sp³-hybridized carbons (Fsp3) is 0.583. The molecular formula is C12H15N3O2S. The van der Waals surface area contributed by atoms with Gasteiger partial charge < -0.3 is 9.80 Å². The highest BCUT2D eigenvalue weighted by atomic mass is 32.1. The third kappa shape index (κ3) is 1.90. The molecule has 1 saturated heterocycles. The molecule has 0 N–H and O–H groups in total. The van der Waals surface area contributed by atoms with Crippen LogP contribution in [0.5, 0.6) is 0 Å². The highest BCUT2D eigenvalue weighted by Crippen LogP contribution is 2.32. The molecule has 1 aromatic heterocycles. The average molecular weight is 265 g/mol. The zero-order valence-electron chi connectivity index (χ0n) is 10.3. The molecule has 96 valence electrons. The second kappa shape index (κ2) is 4.35. The van der Waals surface area contributed by atoms with Crippen LogP contribution in [0, 0.1) is 0 Å². The highest BCUT2D eigenvalue weighted by molar-refractivity contribution is 7.16. The maximum absolute atomic E-state index is 11.7. The smallest absolute Gasteiger partial charge is 0.241 e. The van der Waals surface area contributed by atoms with Crippen LogP contribution in [-0.4, -0.2) is 48.3 Å². The van der Waals surface area contributed by atoms with Gasteiger partial charge in [0.15, 0.2) is 10.9 Å². The second-order valence-electron chi connectivity index (χ2n) is 4.78. The monoisotopic (exact) mass is 265 g/mol. The number of piperazine rings is 1. The number of rotatable bonds is 1. The lowest BCUT2D eigenvalue weighted by atomic mass is 10.0. The first-order chi connectivity index (χ1) is 8.65. The van der Waals surface area contributed by atoms with Crippen LogP contribution in [0.4, 0.5) is 5.13 Å². The Morgan fingerprint density at radius 1 is 1.22 bits per heavy atom. The van der Waals surface area contributed by atoms with E-state index in [1.165, 1.54) is 0 Å². The number of anilines is 1. The summed E-state index contributed by atoms with van der Waals surface area (Å²) in [4.78, 5) is 32.7. The van der Waals surface area contributed by atoms with Crippen molar-refractivity contribution in [2.24, 2.45) is 0 Å². The number of Topliss-reactive ketones (excluding diaryl/α,β-unsaturated/α-hetero) is 1. The minimum Gasteiger partial charge on any atom is -0.342 e. The van der Waals surface area contributed by atoms with Crippen LogP contribution in [0.2, 0.25) is 0 Å². The van der Waals surface area contributed by atoms with Crippen molar-refractivity contribution < 1.29 is 9.59 Å². The second-order valence-corrected chi connectivity index (χ2v) is 5.84. The van der Waals surface area contributed by atoms with Crippen molar-refractivity contribution in [3.05, 3.63) is 10.6 Å². The number of hydrogen-bond donors (Lipinski definition) is 0. The fourth-order valence-electron chi connectivity index (χ4n) is 2.31. The predicted octanol–water partition coefficient (Wildman–Crippen LogP) is 0.941. The molecule has 1 fully saturated rings. The van der Waals surface area contributed by atoms with E-state index < -0.39 is 0 Å². The van der Waals surface area contributed by atoms with Gasteiger partial charge in [-0.15, -0.1) is 11.3 Å². The van der Waals surface area contributed by atoms with Crippen molar-refractivity contribution in [3.63, 3.8) is 0 Å². The maximum Gasteiger partial charge on any atom is 0.241 e. The topological polar surface area (TPSA) is 53.5 Å². The van der Waals surface area contributed by atoms with Gasteiger partial charge in [0.2, 0.25) is 5.91 Å². The first-order valence-electron chi connectivity index (χ1n) is 6.17. The van der Waals surface area contributed by atoms with Crippen LogP contribution in [0.25, 0.3) is 0 Å². The Bertz CT molecular complexity index is 511. The number of hydrogen-bond acceptors (Lipinski definition) is 5. The van der Waals surface area contributed by atoms with Gasteiger partial charge in [-0.1, -0.05) is 0 Å². The number of nitrogens with zero attached hydrogens (tertiary/aromatic N) is 3. The third-order valence-corrected chi connectivity index (χ3v) is 4.66. The number of carbonyl (C=O) groups is 2. The van der Waals surface area contributed by atoms with Crippen LogP contribution in [-0.2, 0) is 11.2 Å². The van der Waals surface area contributed by atoms with Crippen molar-refractivity contribution in [1.82, 2.24) is 9.88 Å². The van der Waals surface area contributed by atoms with E-state index in [0.717, 1.165) is 35.9 Å². The van der Waals surface area contributed by atoms with Gasteiger partial charge in [-0.05, 0) is 12.8 Å². The van der Waals surface area contributed by atoms with Crippen molar-refractivity contribution in [1.29, 1.82) is 0 Å². The minimum absolute atomic E-state index is 0.112. The van der Waals surface area contributed by atoms with E-state index in [-0.39, 0.29) is 11.7 Å². The summed E-state index contributed by atoms with van der Waals surface area (Å²) in [5.74, 6) is 0.264. The number of ketones is 1. The van der Waals surface area contributed by atoms with Crippen molar-refractivity contribution in [2.45, 2.75) is 19.3 Å². The number of amides is 1. The summed E-state index contributed by atoms with van der Waals surface area (Å²) in [6.07, 6.45) is 2.48. The summed E-state index contributed by atoms with van der Waals surface area (Å²) in [5, 5.41) is 0.830. The maximum atomic E-state index is 11.7. The van der Waals surface area contributed by atoms with Crippen LogP contribution in [0.1, 0.15) is 28.2 Å². The molecule has 5 nitrogen and oxygen atoms in total. The fourth-order valence-corrected chi connectivity index (χ4v) is 3.46. The van der Waals surface area contributed by atoms with Gasteiger partial charge in [0, 0.05) is 31.4 Å². The molecule has 1 aliphatic heterocycles. The first kappa shape index (κ1) is 11.6. The van der Waals surface area contributed by atoms with E-state index in [1.807, 2.05) is 11.9 Å². The Morgan fingerprint density at radius 2 is 2.06 bits per heavy atom. The summed E-state index contributed by atoms with van der Waals surface area (Å²) < 4.78 is 0. The lowest BCUT2D eigenvalue weighted by molar-refractivity contribution is -0.129. The van der Waals surface area contributed by atoms with Gasteiger partial charge in [-0.2, -0.15) is 0 Å². The number of carbonyl (C=O) groups excluding carboxylic acids is 2. The predicted molar refractivity (Wildman–Crippen MR) is 69.2 cm³/mol. The van der Waals surface area contributed by atoms with E-state index in [2.05, 4.69) is 4.98 Å². The Kier molecular flexibility index (Phi) is 2.81. The molecule has 3 rings (SSSR count). The van der Waals surface area contributed by atoms with E-state index in [0.29, 0.717) is 18.7 Å². The van der Waals surface area contributed by atoms with Gasteiger partial charge >= 0.3 is 0 Å². The Morgan fingerprint density at radius 3 is 2.78 bits per heavy atom. The zero-order chi connectivity index (χ0) is 12.7. The molecule has 18 heavy (non-hydrogen) atoms. The average Bonchev–Trinajstić information content (AvgIpc) is 2.78. The molecule has 0 bridgehead atoms. The molecule has 0 saturated carbocycles. The molecule has 0 spiro atoms. The molecule has 6 heteroatoms. The molecule has 0 atom stereocenters. The largest absolute Gasteiger partial charge is 0.342 e. The summed E-state index contributed by atoms with van der Waals surface area (Å²) in [7, 11) is 1.82. The molecule has 0 unspecified atom stereocenters. The third-order valence-electron chi connectivity index (χ3n) is 3.49. The van der Waals surface area contributed by atoms with Gasteiger partial charge in [0.1, 0.15) is 5.69 Å². The van der Waals surface area contributed by atoms with Gasteiger partial charge in [-0.25, -0.2) is 4.98 Å². The molecular weight excluding hydrogens is 250 g/mol. The van der Waals surface area contributed by atoms with Crippen LogP contribution < -0.4 is 4.90 Å². The number of likely N-dealkylation sites (N-methyl/N-ethyl adjacent to an activating group) is 1. The van der Waals surface area contributed by atoms with Crippen LogP contribution >= 0.6 is 11.3 Å². The van der Waals surface area contributed by atoms with E-state index in [4.69, 9.17) is 0 Å². The van der Waals surface area contributed by atoms with Gasteiger partial charge in [0.05, 0.1) is 6.54 Å². The Balaban J connectivity index is 1.85. The van der Waals surface area contributed by atoms with Crippen molar-refractivity contribution in [2.75, 3.05) is 31.6 Å². The molecule has 2 aliphatic rings. The summed E-state index contributed by atoms with van der Waals surface area (Å²) >= 11 is 1.57. The normalized spacial score (nSPS) is 20.3. The summed E-state index contributed by atoms with van der Waals surface area (Å²) in [6, 6.07) is 0. The first-order valence-corrected chi connectivity index (χ1v) is 6.98. The highest BCUT2D eigenvalue weighted by Gasteiger charge is 2.27. The van der Waals surface area contributed by atoms with Gasteiger partial charge in [0.25, 0.3) is 0 Å². The van der Waals surface area contributed by atoms with E-state index in [9.17, 15) is 9.59 Å². The van der Waals surface area contributed by atoms with Crippen LogP contribution in [0.3, 0.4) is 0 Å². The quantitative estimate of drug-likeness (QED) is 0.758. The SMILES string of the molecule is CN1CCN(c2nc3c(s2)CCCC3=O)CC1=O. The Labute approximate surface area is 109 Å². The number of aryl methyl sites for hydroxylation is 1. The van der Waals surface area contributed by atoms with Crippen molar-refractivity contribution >= 4 is 28.2 Å². The standard InChI is InChI=1S/C12H15N3O2S/c1-14-5-6-15(7-10(14)17)12-13-11-8(16)3-2-4-9(11)18-12/h2-7H2,1H3. The van der Waals surface area contributed by atoms with Gasteiger partial charge in [-0.3, -0.25) is 9.59 Å². The Hall–Kier alpha value is -1.43. The van der Waals surface area contributed by atoms with Crippen molar-refractivity contribution in [3.8, 4) is 0 Å². The molecule has 2 heterocycles. The molecule has 0 aromatic carbocycles. The minimum atomic E-state index is 0.112. The molecule has 1 aliphatic carbocycles. The van der Waals surface area contributed by atoms with E-state index >= 15 is 0 Å². The van der Waals surface area contributed by atoms with E-state index in [1.54, 1.807) is 16.2 Å². The molecule has 1 amide bonds. The van der Waals surface area contributed by atoms with Crippen LogP contribution in [0.15, 0.2) is 0 Å². The number of fused-ring (bicyclic) bond motifs is 1. The summed E-state index contributed by atoms with van der Waals surface area (Å²) in [6.45, 7) is 1.89. The molecule has 0 radical (unpaired) electrons. The molecule has 1 aromatic rings. The summed E-state index contributed by atoms with van der Waals surface area (Å²) in [5.41, 5.74) is 0.646. The lowest BCUT2D eigenvalue weighted by Gasteiger charge is -2.31. The number of aromatic nitrogens is 1. The number of thiazole rings is 1.